The number of Topliss-reactive ketones (excluding diaryl/α,β-unsaturated/α-hetero) is 1. The molecular weight excluding hydrogens is 485 g/mol. The SMILES string of the molecule is COc1ccc([C@@H]2CC(=O)C3=C(C2)NC(C)=C(C(=O)OC2CCCCC2)[C@H]3c2ccccc2F)cc1OC. The highest BCUT2D eigenvalue weighted by molar-refractivity contribution is 6.04. The van der Waals surface area contributed by atoms with Crippen molar-refractivity contribution in [1.29, 1.82) is 0 Å². The van der Waals surface area contributed by atoms with Crippen LogP contribution in [0.1, 0.15) is 74.8 Å². The summed E-state index contributed by atoms with van der Waals surface area (Å²) in [6.45, 7) is 1.81. The molecule has 2 aromatic rings. The van der Waals surface area contributed by atoms with Gasteiger partial charge >= 0.3 is 5.97 Å². The van der Waals surface area contributed by atoms with Crippen molar-refractivity contribution < 1.29 is 28.2 Å². The third-order valence-electron chi connectivity index (χ3n) is 7.97. The fourth-order valence-electron chi connectivity index (χ4n) is 6.07. The van der Waals surface area contributed by atoms with E-state index < -0.39 is 17.7 Å². The van der Waals surface area contributed by atoms with E-state index in [1.54, 1.807) is 39.3 Å². The third kappa shape index (κ3) is 4.94. The molecule has 0 unspecified atom stereocenters. The van der Waals surface area contributed by atoms with Gasteiger partial charge in [-0.25, -0.2) is 9.18 Å². The highest BCUT2D eigenvalue weighted by Crippen LogP contribution is 2.47. The normalized spacial score (nSPS) is 22.1. The van der Waals surface area contributed by atoms with Crippen LogP contribution in [-0.2, 0) is 14.3 Å². The Morgan fingerprint density at radius 2 is 1.71 bits per heavy atom. The average Bonchev–Trinajstić information content (AvgIpc) is 2.92. The van der Waals surface area contributed by atoms with E-state index in [-0.39, 0.29) is 24.2 Å². The minimum Gasteiger partial charge on any atom is -0.493 e. The monoisotopic (exact) mass is 519 g/mol. The van der Waals surface area contributed by atoms with Crippen LogP contribution in [0.4, 0.5) is 4.39 Å². The molecule has 6 nitrogen and oxygen atoms in total. The maximum absolute atomic E-state index is 15.2. The minimum absolute atomic E-state index is 0.0987. The van der Waals surface area contributed by atoms with Gasteiger partial charge in [-0.05, 0) is 68.7 Å². The molecule has 1 aliphatic heterocycles. The Kier molecular flexibility index (Phi) is 7.54. The quantitative estimate of drug-likeness (QED) is 0.466. The van der Waals surface area contributed by atoms with Crippen molar-refractivity contribution in [3.63, 3.8) is 0 Å². The topological polar surface area (TPSA) is 73.9 Å². The molecule has 200 valence electrons. The molecule has 1 fully saturated rings. The molecule has 0 saturated heterocycles. The lowest BCUT2D eigenvalue weighted by atomic mass is 9.71. The second-order valence-electron chi connectivity index (χ2n) is 10.3. The van der Waals surface area contributed by atoms with Crippen molar-refractivity contribution in [3.05, 3.63) is 81.9 Å². The number of carbonyl (C=O) groups is 2. The minimum atomic E-state index is -0.817. The molecule has 1 N–H and O–H groups in total. The lowest BCUT2D eigenvalue weighted by Gasteiger charge is -2.37. The van der Waals surface area contributed by atoms with Crippen molar-refractivity contribution in [2.24, 2.45) is 0 Å². The van der Waals surface area contributed by atoms with Crippen LogP contribution in [0, 0.1) is 5.82 Å². The molecule has 38 heavy (non-hydrogen) atoms. The standard InChI is InChI=1S/C31H34FNO5/c1-18-28(31(35)38-21-9-5-4-6-10-21)29(22-11-7-8-12-23(22)32)30-24(33-18)15-20(16-25(30)34)19-13-14-26(36-2)27(17-19)37-3/h7-8,11-14,17,20-21,29,33H,4-6,9-10,15-16H2,1-3H3/t20-,29+/m0/s1. The first kappa shape index (κ1) is 26.0. The van der Waals surface area contributed by atoms with Crippen LogP contribution in [0.2, 0.25) is 0 Å². The van der Waals surface area contributed by atoms with E-state index in [0.717, 1.165) is 43.4 Å². The van der Waals surface area contributed by atoms with Crippen molar-refractivity contribution in [3.8, 4) is 11.5 Å². The number of carbonyl (C=O) groups excluding carboxylic acids is 2. The van der Waals surface area contributed by atoms with Gasteiger partial charge in [-0.3, -0.25) is 4.79 Å². The van der Waals surface area contributed by atoms with Gasteiger partial charge in [0.1, 0.15) is 11.9 Å². The summed E-state index contributed by atoms with van der Waals surface area (Å²) < 4.78 is 32.0. The molecule has 2 aromatic carbocycles. The largest absolute Gasteiger partial charge is 0.493 e. The lowest BCUT2D eigenvalue weighted by Crippen LogP contribution is -2.37. The molecule has 0 spiro atoms. The van der Waals surface area contributed by atoms with E-state index in [4.69, 9.17) is 14.2 Å². The van der Waals surface area contributed by atoms with Gasteiger partial charge in [-0.2, -0.15) is 0 Å². The number of hydrogen-bond acceptors (Lipinski definition) is 6. The summed E-state index contributed by atoms with van der Waals surface area (Å²) in [5.41, 5.74) is 3.36. The Hall–Kier alpha value is -3.61. The summed E-state index contributed by atoms with van der Waals surface area (Å²) in [6.07, 6.45) is 5.48. The first-order valence-electron chi connectivity index (χ1n) is 13.3. The van der Waals surface area contributed by atoms with Gasteiger partial charge < -0.3 is 19.5 Å². The van der Waals surface area contributed by atoms with E-state index in [0.29, 0.717) is 40.3 Å². The van der Waals surface area contributed by atoms with E-state index >= 15 is 4.39 Å². The summed E-state index contributed by atoms with van der Waals surface area (Å²) in [5.74, 6) is -0.730. The molecule has 7 heteroatoms. The average molecular weight is 520 g/mol. The number of esters is 1. The molecule has 0 amide bonds. The molecule has 0 aromatic heterocycles. The van der Waals surface area contributed by atoms with Crippen LogP contribution < -0.4 is 14.8 Å². The van der Waals surface area contributed by atoms with Gasteiger partial charge in [0.15, 0.2) is 17.3 Å². The molecule has 2 atom stereocenters. The van der Waals surface area contributed by atoms with Crippen LogP contribution in [-0.4, -0.2) is 32.1 Å². The Bertz CT molecular complexity index is 1310. The highest BCUT2D eigenvalue weighted by Gasteiger charge is 2.42. The zero-order valence-corrected chi connectivity index (χ0v) is 22.1. The molecule has 0 radical (unpaired) electrons. The predicted octanol–water partition coefficient (Wildman–Crippen LogP) is 6.08. The number of ether oxygens (including phenoxy) is 3. The molecule has 5 rings (SSSR count). The van der Waals surface area contributed by atoms with Gasteiger partial charge in [0, 0.05) is 29.0 Å². The predicted molar refractivity (Wildman–Crippen MR) is 141 cm³/mol. The van der Waals surface area contributed by atoms with Crippen LogP contribution >= 0.6 is 0 Å². The Balaban J connectivity index is 1.52. The van der Waals surface area contributed by atoms with E-state index in [1.807, 2.05) is 18.2 Å². The summed E-state index contributed by atoms with van der Waals surface area (Å²) in [6, 6.07) is 12.1. The van der Waals surface area contributed by atoms with Crippen LogP contribution in [0.25, 0.3) is 0 Å². The van der Waals surface area contributed by atoms with Gasteiger partial charge in [0.2, 0.25) is 0 Å². The number of rotatable bonds is 6. The van der Waals surface area contributed by atoms with Crippen LogP contribution in [0.5, 0.6) is 11.5 Å². The van der Waals surface area contributed by atoms with Gasteiger partial charge in [0.25, 0.3) is 0 Å². The number of allylic oxidation sites excluding steroid dienone is 3. The summed E-state index contributed by atoms with van der Waals surface area (Å²) in [4.78, 5) is 27.4. The van der Waals surface area contributed by atoms with E-state index in [1.165, 1.54) is 6.07 Å². The number of hydrogen-bond donors (Lipinski definition) is 1. The molecule has 2 aliphatic carbocycles. The van der Waals surface area contributed by atoms with E-state index in [2.05, 4.69) is 5.32 Å². The number of dihydropyridines is 1. The van der Waals surface area contributed by atoms with Gasteiger partial charge in [-0.1, -0.05) is 30.7 Å². The zero-order valence-electron chi connectivity index (χ0n) is 22.1. The number of methoxy groups -OCH3 is 2. The third-order valence-corrected chi connectivity index (χ3v) is 7.97. The molecule has 1 saturated carbocycles. The number of nitrogens with one attached hydrogen (secondary N) is 1. The Labute approximate surface area is 222 Å². The smallest absolute Gasteiger partial charge is 0.337 e. The molecular formula is C31H34FNO5. The maximum atomic E-state index is 15.2. The maximum Gasteiger partial charge on any atom is 0.337 e. The molecule has 3 aliphatic rings. The summed E-state index contributed by atoms with van der Waals surface area (Å²) in [7, 11) is 3.16. The Morgan fingerprint density at radius 3 is 2.42 bits per heavy atom. The highest BCUT2D eigenvalue weighted by atomic mass is 19.1. The first-order chi connectivity index (χ1) is 18.4. The zero-order chi connectivity index (χ0) is 26.8. The molecule has 1 heterocycles. The first-order valence-corrected chi connectivity index (χ1v) is 13.3. The fourth-order valence-corrected chi connectivity index (χ4v) is 6.07. The van der Waals surface area contributed by atoms with Crippen molar-refractivity contribution >= 4 is 11.8 Å². The van der Waals surface area contributed by atoms with Crippen molar-refractivity contribution in [2.75, 3.05) is 14.2 Å². The van der Waals surface area contributed by atoms with E-state index in [9.17, 15) is 9.59 Å². The van der Waals surface area contributed by atoms with Gasteiger partial charge in [-0.15, -0.1) is 0 Å². The summed E-state index contributed by atoms with van der Waals surface area (Å²) >= 11 is 0. The fraction of sp³-hybridized carbons (Fsp3) is 0.419. The van der Waals surface area contributed by atoms with Crippen LogP contribution in [0.3, 0.4) is 0 Å². The lowest BCUT2D eigenvalue weighted by molar-refractivity contribution is -0.146. The second kappa shape index (κ2) is 11.0. The van der Waals surface area contributed by atoms with Crippen molar-refractivity contribution in [1.82, 2.24) is 5.32 Å². The Morgan fingerprint density at radius 1 is 0.974 bits per heavy atom. The van der Waals surface area contributed by atoms with Crippen LogP contribution in [0.15, 0.2) is 65.0 Å². The number of ketones is 1. The number of halogens is 1. The van der Waals surface area contributed by atoms with Crippen molar-refractivity contribution in [2.45, 2.75) is 69.8 Å². The molecule has 0 bridgehead atoms. The summed E-state index contributed by atoms with van der Waals surface area (Å²) in [5, 5.41) is 3.35. The second-order valence-corrected chi connectivity index (χ2v) is 10.3. The van der Waals surface area contributed by atoms with Gasteiger partial charge in [0.05, 0.1) is 25.7 Å². The number of benzene rings is 2.